The Balaban J connectivity index is 1.54. The van der Waals surface area contributed by atoms with E-state index in [4.69, 9.17) is 21.4 Å². The molecule has 1 aliphatic heterocycles. The summed E-state index contributed by atoms with van der Waals surface area (Å²) in [5.41, 5.74) is 2.25. The summed E-state index contributed by atoms with van der Waals surface area (Å²) in [6.07, 6.45) is 3.49. The molecule has 0 saturated carbocycles. The van der Waals surface area contributed by atoms with Crippen molar-refractivity contribution in [2.24, 2.45) is 0 Å². The average Bonchev–Trinajstić information content (AvgIpc) is 3.49. The number of nitro groups is 1. The Bertz CT molecular complexity index is 1360. The highest BCUT2D eigenvalue weighted by molar-refractivity contribution is 7.80. The third-order valence-corrected chi connectivity index (χ3v) is 6.19. The minimum Gasteiger partial charge on any atom is -0.496 e. The first-order valence-corrected chi connectivity index (χ1v) is 11.3. The van der Waals surface area contributed by atoms with Crippen molar-refractivity contribution in [2.45, 2.75) is 18.6 Å². The molecule has 1 aromatic carbocycles. The smallest absolute Gasteiger partial charge is 0.273 e. The van der Waals surface area contributed by atoms with Crippen LogP contribution in [0.15, 0.2) is 83.5 Å². The van der Waals surface area contributed by atoms with E-state index in [1.54, 1.807) is 18.5 Å². The molecule has 1 saturated heterocycles. The Morgan fingerprint density at radius 2 is 1.91 bits per heavy atom. The third kappa shape index (κ3) is 4.43. The van der Waals surface area contributed by atoms with Gasteiger partial charge in [-0.05, 0) is 54.7 Å². The van der Waals surface area contributed by atoms with Crippen LogP contribution < -0.4 is 10.1 Å². The Kier molecular flexibility index (Phi) is 6.11. The molecule has 4 aromatic rings. The lowest BCUT2D eigenvalue weighted by Gasteiger charge is -2.25. The summed E-state index contributed by atoms with van der Waals surface area (Å²) in [5, 5.41) is 15.1. The minimum absolute atomic E-state index is 0.0560. The standard InChI is InChI=1S/C25H21N5O4S/c1-33-22-14-17(30(31)32)8-9-18(22)20-10-11-21(34-20)24-23(19-7-3-5-13-27-19)28-25(35)29(24)15-16-6-2-4-12-26-16/h2-14,23-24H,15H2,1H3,(H,28,35)/t23-,24+/m0/s1. The summed E-state index contributed by atoms with van der Waals surface area (Å²) in [6, 6.07) is 19.1. The summed E-state index contributed by atoms with van der Waals surface area (Å²) in [4.78, 5) is 21.7. The number of nitro benzene ring substituents is 1. The van der Waals surface area contributed by atoms with Gasteiger partial charge in [0.15, 0.2) is 5.11 Å². The van der Waals surface area contributed by atoms with Gasteiger partial charge in [0.1, 0.15) is 23.3 Å². The molecule has 0 aliphatic carbocycles. The lowest BCUT2D eigenvalue weighted by atomic mass is 10.0. The molecule has 5 rings (SSSR count). The second-order valence-corrected chi connectivity index (χ2v) is 8.31. The van der Waals surface area contributed by atoms with Crippen molar-refractivity contribution in [3.05, 3.63) is 106 Å². The first-order chi connectivity index (χ1) is 17.0. The first-order valence-electron chi connectivity index (χ1n) is 10.9. The van der Waals surface area contributed by atoms with Crippen molar-refractivity contribution in [2.75, 3.05) is 7.11 Å². The van der Waals surface area contributed by atoms with Crippen molar-refractivity contribution >= 4 is 23.0 Å². The number of methoxy groups -OCH3 is 1. The fourth-order valence-corrected chi connectivity index (χ4v) is 4.51. The maximum atomic E-state index is 11.2. The van der Waals surface area contributed by atoms with Gasteiger partial charge in [0, 0.05) is 18.5 Å². The number of hydrogen-bond donors (Lipinski definition) is 1. The molecule has 2 atom stereocenters. The third-order valence-electron chi connectivity index (χ3n) is 5.84. The molecule has 1 aliphatic rings. The van der Waals surface area contributed by atoms with Crippen LogP contribution in [0, 0.1) is 10.1 Å². The number of nitrogens with zero attached hydrogens (tertiary/aromatic N) is 4. The molecule has 35 heavy (non-hydrogen) atoms. The molecule has 1 N–H and O–H groups in total. The van der Waals surface area contributed by atoms with Crippen LogP contribution in [-0.2, 0) is 6.54 Å². The van der Waals surface area contributed by atoms with E-state index in [9.17, 15) is 10.1 Å². The Hall–Kier alpha value is -4.31. The summed E-state index contributed by atoms with van der Waals surface area (Å²) in [5.74, 6) is 1.55. The van der Waals surface area contributed by atoms with E-state index in [1.807, 2.05) is 53.4 Å². The van der Waals surface area contributed by atoms with Crippen LogP contribution in [-0.4, -0.2) is 32.0 Å². The minimum atomic E-state index is -0.460. The molecule has 0 amide bonds. The maximum Gasteiger partial charge on any atom is 0.273 e. The second-order valence-electron chi connectivity index (χ2n) is 7.92. The van der Waals surface area contributed by atoms with Crippen molar-refractivity contribution < 1.29 is 14.1 Å². The fourth-order valence-electron chi connectivity index (χ4n) is 4.20. The molecule has 0 unspecified atom stereocenters. The fraction of sp³-hybridized carbons (Fsp3) is 0.160. The highest BCUT2D eigenvalue weighted by Gasteiger charge is 2.42. The van der Waals surface area contributed by atoms with Gasteiger partial charge in [-0.25, -0.2) is 0 Å². The number of furan rings is 1. The van der Waals surface area contributed by atoms with Crippen LogP contribution in [0.5, 0.6) is 5.75 Å². The summed E-state index contributed by atoms with van der Waals surface area (Å²) >= 11 is 5.71. The zero-order valence-electron chi connectivity index (χ0n) is 18.7. The normalized spacial score (nSPS) is 17.3. The lowest BCUT2D eigenvalue weighted by Crippen LogP contribution is -2.29. The van der Waals surface area contributed by atoms with E-state index in [0.717, 1.165) is 11.4 Å². The Labute approximate surface area is 206 Å². The van der Waals surface area contributed by atoms with E-state index in [1.165, 1.54) is 19.2 Å². The first kappa shape index (κ1) is 22.5. The van der Waals surface area contributed by atoms with Gasteiger partial charge < -0.3 is 19.4 Å². The van der Waals surface area contributed by atoms with Gasteiger partial charge in [-0.2, -0.15) is 0 Å². The van der Waals surface area contributed by atoms with Crippen LogP contribution in [0.4, 0.5) is 5.69 Å². The van der Waals surface area contributed by atoms with Crippen molar-refractivity contribution in [3.63, 3.8) is 0 Å². The van der Waals surface area contributed by atoms with E-state index < -0.39 is 4.92 Å². The molecule has 0 radical (unpaired) electrons. The summed E-state index contributed by atoms with van der Waals surface area (Å²) in [7, 11) is 1.47. The van der Waals surface area contributed by atoms with Gasteiger partial charge in [-0.1, -0.05) is 12.1 Å². The van der Waals surface area contributed by atoms with Gasteiger partial charge in [0.05, 0.1) is 47.6 Å². The number of nitrogens with one attached hydrogen (secondary N) is 1. The molecule has 9 nitrogen and oxygen atoms in total. The van der Waals surface area contributed by atoms with Crippen molar-refractivity contribution in [3.8, 4) is 17.1 Å². The molecule has 0 bridgehead atoms. The van der Waals surface area contributed by atoms with Gasteiger partial charge in [0.2, 0.25) is 0 Å². The van der Waals surface area contributed by atoms with Crippen molar-refractivity contribution in [1.82, 2.24) is 20.2 Å². The lowest BCUT2D eigenvalue weighted by molar-refractivity contribution is -0.384. The highest BCUT2D eigenvalue weighted by Crippen LogP contribution is 2.42. The summed E-state index contributed by atoms with van der Waals surface area (Å²) < 4.78 is 11.7. The SMILES string of the molecule is COc1cc([N+](=O)[O-])ccc1-c1ccc([C@@H]2[C@H](c3ccccn3)NC(=S)N2Cc2ccccn2)o1. The van der Waals surface area contributed by atoms with Crippen LogP contribution in [0.25, 0.3) is 11.3 Å². The highest BCUT2D eigenvalue weighted by atomic mass is 32.1. The number of aromatic nitrogens is 2. The van der Waals surface area contributed by atoms with Gasteiger partial charge in [-0.15, -0.1) is 0 Å². The molecule has 4 heterocycles. The zero-order chi connectivity index (χ0) is 24.4. The molecule has 0 spiro atoms. The Morgan fingerprint density at radius 1 is 1.11 bits per heavy atom. The molecule has 3 aromatic heterocycles. The number of benzene rings is 1. The van der Waals surface area contributed by atoms with Crippen molar-refractivity contribution in [1.29, 1.82) is 0 Å². The van der Waals surface area contributed by atoms with E-state index in [0.29, 0.717) is 34.5 Å². The van der Waals surface area contributed by atoms with E-state index >= 15 is 0 Å². The second kappa shape index (κ2) is 9.51. The summed E-state index contributed by atoms with van der Waals surface area (Å²) in [6.45, 7) is 0.484. The largest absolute Gasteiger partial charge is 0.496 e. The predicted molar refractivity (Wildman–Crippen MR) is 133 cm³/mol. The Morgan fingerprint density at radius 3 is 2.60 bits per heavy atom. The predicted octanol–water partition coefficient (Wildman–Crippen LogP) is 4.83. The van der Waals surface area contributed by atoms with Crippen LogP contribution in [0.1, 0.15) is 29.2 Å². The number of rotatable bonds is 7. The molecule has 176 valence electrons. The van der Waals surface area contributed by atoms with Gasteiger partial charge in [-0.3, -0.25) is 20.1 Å². The molecule has 10 heteroatoms. The van der Waals surface area contributed by atoms with Crippen LogP contribution in [0.3, 0.4) is 0 Å². The topological polar surface area (TPSA) is 107 Å². The van der Waals surface area contributed by atoms with Gasteiger partial charge in [0.25, 0.3) is 5.69 Å². The quantitative estimate of drug-likeness (QED) is 0.223. The number of thiocarbonyl (C=S) groups is 1. The van der Waals surface area contributed by atoms with Crippen LogP contribution >= 0.6 is 12.2 Å². The molecular formula is C25H21N5O4S. The molecule has 1 fully saturated rings. The average molecular weight is 488 g/mol. The monoisotopic (exact) mass is 487 g/mol. The van der Waals surface area contributed by atoms with Crippen LogP contribution in [0.2, 0.25) is 0 Å². The number of non-ortho nitro benzene ring substituents is 1. The number of ether oxygens (including phenoxy) is 1. The number of pyridine rings is 2. The maximum absolute atomic E-state index is 11.2. The van der Waals surface area contributed by atoms with E-state index in [-0.39, 0.29) is 17.8 Å². The number of hydrogen-bond acceptors (Lipinski definition) is 7. The zero-order valence-corrected chi connectivity index (χ0v) is 19.5. The molecular weight excluding hydrogens is 466 g/mol. The van der Waals surface area contributed by atoms with Gasteiger partial charge >= 0.3 is 0 Å². The van der Waals surface area contributed by atoms with E-state index in [2.05, 4.69) is 15.3 Å².